The molecule has 1 saturated heterocycles. The highest BCUT2D eigenvalue weighted by molar-refractivity contribution is 8.00. The summed E-state index contributed by atoms with van der Waals surface area (Å²) in [4.78, 5) is 11.9. The monoisotopic (exact) mass is 288 g/mol. The van der Waals surface area contributed by atoms with Crippen molar-refractivity contribution in [1.29, 1.82) is 0 Å². The number of hydrogen-bond donors (Lipinski definition) is 3. The number of nitrogens with one attached hydrogen (secondary N) is 2. The Morgan fingerprint density at radius 2 is 2.00 bits per heavy atom. The molecule has 0 aromatic heterocycles. The van der Waals surface area contributed by atoms with Crippen LogP contribution in [0.5, 0.6) is 0 Å². The van der Waals surface area contributed by atoms with Crippen molar-refractivity contribution in [2.75, 3.05) is 32.0 Å². The summed E-state index contributed by atoms with van der Waals surface area (Å²) in [5.74, 6) is 0.642. The first-order valence-corrected chi connectivity index (χ1v) is 8.40. The third-order valence-electron chi connectivity index (χ3n) is 4.23. The van der Waals surface area contributed by atoms with Gasteiger partial charge in [0.1, 0.15) is 0 Å². The quantitative estimate of drug-likeness (QED) is 0.631. The zero-order chi connectivity index (χ0) is 14.1. The van der Waals surface area contributed by atoms with Crippen molar-refractivity contribution in [2.45, 2.75) is 44.8 Å². The number of piperidine rings is 1. The number of rotatable bonds is 8. The summed E-state index contributed by atoms with van der Waals surface area (Å²) in [6.45, 7) is 6.99. The number of aliphatic hydroxyl groups is 1. The Kier molecular flexibility index (Phi) is 7.80. The Morgan fingerprint density at radius 1 is 1.37 bits per heavy atom. The van der Waals surface area contributed by atoms with Gasteiger partial charge in [-0.05, 0) is 38.8 Å². The molecule has 0 bridgehead atoms. The van der Waals surface area contributed by atoms with Gasteiger partial charge in [-0.1, -0.05) is 13.8 Å². The van der Waals surface area contributed by atoms with E-state index < -0.39 is 0 Å². The summed E-state index contributed by atoms with van der Waals surface area (Å²) < 4.78 is 0. The molecule has 0 unspecified atom stereocenters. The Labute approximate surface area is 121 Å². The minimum Gasteiger partial charge on any atom is -0.396 e. The average molecular weight is 288 g/mol. The van der Waals surface area contributed by atoms with Gasteiger partial charge in [-0.3, -0.25) is 4.79 Å². The molecule has 0 aromatic carbocycles. The molecule has 0 saturated carbocycles. The zero-order valence-electron chi connectivity index (χ0n) is 12.2. The van der Waals surface area contributed by atoms with Crippen LogP contribution < -0.4 is 10.6 Å². The van der Waals surface area contributed by atoms with Crippen LogP contribution in [-0.2, 0) is 4.79 Å². The maximum Gasteiger partial charge on any atom is 0.230 e. The first-order valence-electron chi connectivity index (χ1n) is 7.35. The van der Waals surface area contributed by atoms with Crippen LogP contribution in [0.2, 0.25) is 0 Å². The molecule has 5 heteroatoms. The maximum absolute atomic E-state index is 11.9. The maximum atomic E-state index is 11.9. The number of hydrogen-bond acceptors (Lipinski definition) is 4. The molecule has 1 rings (SSSR count). The van der Waals surface area contributed by atoms with Crippen molar-refractivity contribution in [3.63, 3.8) is 0 Å². The summed E-state index contributed by atoms with van der Waals surface area (Å²) in [6.07, 6.45) is 4.09. The van der Waals surface area contributed by atoms with Gasteiger partial charge >= 0.3 is 0 Å². The normalized spacial score (nSPS) is 17.4. The van der Waals surface area contributed by atoms with E-state index in [9.17, 15) is 9.90 Å². The van der Waals surface area contributed by atoms with Crippen molar-refractivity contribution in [2.24, 2.45) is 5.41 Å². The molecule has 1 amide bonds. The molecular formula is C14H28N2O2S. The minimum absolute atomic E-state index is 0.100. The van der Waals surface area contributed by atoms with E-state index in [0.29, 0.717) is 17.5 Å². The lowest BCUT2D eigenvalue weighted by Crippen LogP contribution is -2.40. The highest BCUT2D eigenvalue weighted by atomic mass is 32.2. The summed E-state index contributed by atoms with van der Waals surface area (Å²) >= 11 is 1.76. The van der Waals surface area contributed by atoms with Crippen molar-refractivity contribution >= 4 is 17.7 Å². The van der Waals surface area contributed by atoms with Crippen LogP contribution in [-0.4, -0.2) is 48.3 Å². The summed E-state index contributed by atoms with van der Waals surface area (Å²) in [5, 5.41) is 16.4. The van der Waals surface area contributed by atoms with Crippen LogP contribution in [0.3, 0.4) is 0 Å². The van der Waals surface area contributed by atoms with Crippen molar-refractivity contribution in [3.8, 4) is 0 Å². The van der Waals surface area contributed by atoms with Gasteiger partial charge in [-0.15, -0.1) is 11.8 Å². The molecule has 1 aliphatic rings. The Bertz CT molecular complexity index is 256. The first kappa shape index (κ1) is 16.8. The molecule has 0 spiro atoms. The lowest BCUT2D eigenvalue weighted by Gasteiger charge is -2.29. The largest absolute Gasteiger partial charge is 0.396 e. The van der Waals surface area contributed by atoms with E-state index in [4.69, 9.17) is 0 Å². The van der Waals surface area contributed by atoms with Crippen LogP contribution in [0.1, 0.15) is 39.5 Å². The number of amides is 1. The van der Waals surface area contributed by atoms with Crippen LogP contribution in [0.25, 0.3) is 0 Å². The van der Waals surface area contributed by atoms with E-state index in [2.05, 4.69) is 24.5 Å². The fourth-order valence-corrected chi connectivity index (χ4v) is 3.33. The third-order valence-corrected chi connectivity index (χ3v) is 5.60. The molecule has 19 heavy (non-hydrogen) atoms. The van der Waals surface area contributed by atoms with E-state index in [1.54, 1.807) is 11.8 Å². The second-order valence-corrected chi connectivity index (χ2v) is 6.69. The molecule has 0 aliphatic carbocycles. The van der Waals surface area contributed by atoms with Gasteiger partial charge in [0.2, 0.25) is 5.91 Å². The van der Waals surface area contributed by atoms with Gasteiger partial charge in [0.25, 0.3) is 0 Å². The molecule has 1 fully saturated rings. The van der Waals surface area contributed by atoms with E-state index in [-0.39, 0.29) is 17.9 Å². The highest BCUT2D eigenvalue weighted by Crippen LogP contribution is 2.24. The van der Waals surface area contributed by atoms with Gasteiger partial charge in [0.05, 0.1) is 12.4 Å². The Hall–Kier alpha value is -0.260. The van der Waals surface area contributed by atoms with Gasteiger partial charge in [-0.25, -0.2) is 0 Å². The second kappa shape index (κ2) is 8.82. The second-order valence-electron chi connectivity index (χ2n) is 5.40. The number of aliphatic hydroxyl groups excluding tert-OH is 1. The first-order chi connectivity index (χ1) is 9.15. The van der Waals surface area contributed by atoms with E-state index in [0.717, 1.165) is 38.8 Å². The topological polar surface area (TPSA) is 61.4 Å². The van der Waals surface area contributed by atoms with Crippen molar-refractivity contribution in [1.82, 2.24) is 10.6 Å². The molecule has 0 atom stereocenters. The molecule has 0 radical (unpaired) electrons. The summed E-state index contributed by atoms with van der Waals surface area (Å²) in [7, 11) is 0. The average Bonchev–Trinajstić information content (AvgIpc) is 2.48. The number of carbonyl (C=O) groups is 1. The van der Waals surface area contributed by atoms with Gasteiger partial charge < -0.3 is 15.7 Å². The smallest absolute Gasteiger partial charge is 0.230 e. The molecule has 112 valence electrons. The van der Waals surface area contributed by atoms with Crippen LogP contribution >= 0.6 is 11.8 Å². The fraction of sp³-hybridized carbons (Fsp3) is 0.929. The van der Waals surface area contributed by atoms with Crippen LogP contribution in [0, 0.1) is 5.41 Å². The molecule has 0 aromatic rings. The highest BCUT2D eigenvalue weighted by Gasteiger charge is 2.25. The molecule has 4 nitrogen and oxygen atoms in total. The lowest BCUT2D eigenvalue weighted by molar-refractivity contribution is -0.119. The van der Waals surface area contributed by atoms with Gasteiger partial charge in [0.15, 0.2) is 0 Å². The predicted octanol–water partition coefficient (Wildman–Crippen LogP) is 1.39. The standard InChI is InChI=1S/C14H28N2O2S/c1-3-14(4-2,11-17)10-16-13(18)9-19-12-5-7-15-8-6-12/h12,15,17H,3-11H2,1-2H3,(H,16,18). The zero-order valence-corrected chi connectivity index (χ0v) is 13.0. The molecular weight excluding hydrogens is 260 g/mol. The number of carbonyl (C=O) groups excluding carboxylic acids is 1. The Morgan fingerprint density at radius 3 is 2.53 bits per heavy atom. The van der Waals surface area contributed by atoms with E-state index in [1.165, 1.54) is 0 Å². The fourth-order valence-electron chi connectivity index (χ4n) is 2.27. The van der Waals surface area contributed by atoms with Crippen LogP contribution in [0.4, 0.5) is 0 Å². The summed E-state index contributed by atoms with van der Waals surface area (Å²) in [6, 6.07) is 0. The predicted molar refractivity (Wildman–Crippen MR) is 81.5 cm³/mol. The van der Waals surface area contributed by atoms with E-state index in [1.807, 2.05) is 0 Å². The van der Waals surface area contributed by atoms with Crippen molar-refractivity contribution < 1.29 is 9.90 Å². The SMILES string of the molecule is CCC(CC)(CO)CNC(=O)CSC1CCNCC1. The lowest BCUT2D eigenvalue weighted by atomic mass is 9.83. The van der Waals surface area contributed by atoms with E-state index >= 15 is 0 Å². The third kappa shape index (κ3) is 5.71. The number of thioether (sulfide) groups is 1. The Balaban J connectivity index is 2.23. The van der Waals surface area contributed by atoms with Gasteiger partial charge in [-0.2, -0.15) is 0 Å². The molecule has 3 N–H and O–H groups in total. The summed E-state index contributed by atoms with van der Waals surface area (Å²) in [5.41, 5.74) is -0.144. The molecule has 1 heterocycles. The minimum atomic E-state index is -0.144. The van der Waals surface area contributed by atoms with Crippen molar-refractivity contribution in [3.05, 3.63) is 0 Å². The molecule has 1 aliphatic heterocycles. The van der Waals surface area contributed by atoms with Gasteiger partial charge in [0, 0.05) is 17.2 Å². The van der Waals surface area contributed by atoms with Crippen LogP contribution in [0.15, 0.2) is 0 Å².